The van der Waals surface area contributed by atoms with E-state index < -0.39 is 21.4 Å². The monoisotopic (exact) mass is 625 g/mol. The molecule has 4 aromatic rings. The van der Waals surface area contributed by atoms with Gasteiger partial charge in [-0.1, -0.05) is 102 Å². The molecule has 4 aromatic carbocycles. The molecule has 1 N–H and O–H groups in total. The van der Waals surface area contributed by atoms with Crippen molar-refractivity contribution in [3.8, 4) is 16.9 Å². The zero-order chi connectivity index (χ0) is 30.5. The molecule has 220 valence electrons. The minimum atomic E-state index is -4.25. The van der Waals surface area contributed by atoms with Crippen LogP contribution in [0.5, 0.6) is 5.75 Å². The first kappa shape index (κ1) is 31.6. The maximum Gasteiger partial charge on any atom is 0.306 e. The molecule has 0 aliphatic rings. The molecule has 0 heterocycles. The number of esters is 1. The Labute approximate surface area is 257 Å². The summed E-state index contributed by atoms with van der Waals surface area (Å²) in [6.07, 6.45) is 0.645. The molecule has 0 saturated carbocycles. The number of aryl methyl sites for hydroxylation is 1. The van der Waals surface area contributed by atoms with Gasteiger partial charge in [-0.3, -0.25) is 4.79 Å². The van der Waals surface area contributed by atoms with Crippen LogP contribution in [-0.4, -0.2) is 29.4 Å². The number of carbonyl (C=O) groups is 1. The average molecular weight is 627 g/mol. The van der Waals surface area contributed by atoms with Gasteiger partial charge in [0.25, 0.3) is 0 Å². The molecule has 0 saturated heterocycles. The lowest BCUT2D eigenvalue weighted by atomic mass is 10.0. The number of hydrogen-bond acceptors (Lipinski definition) is 5. The van der Waals surface area contributed by atoms with E-state index in [1.807, 2.05) is 99.6 Å². The van der Waals surface area contributed by atoms with Crippen LogP contribution in [0.3, 0.4) is 0 Å². The predicted octanol–water partition coefficient (Wildman–Crippen LogP) is 8.03. The van der Waals surface area contributed by atoms with Crippen LogP contribution in [0, 0.1) is 0 Å². The zero-order valence-electron chi connectivity index (χ0n) is 23.7. The van der Waals surface area contributed by atoms with E-state index in [1.54, 1.807) is 0 Å². The highest BCUT2D eigenvalue weighted by atomic mass is 35.5. The van der Waals surface area contributed by atoms with Gasteiger partial charge in [0.15, 0.2) is 5.75 Å². The Bertz CT molecular complexity index is 1650. The van der Waals surface area contributed by atoms with E-state index in [1.165, 1.54) is 16.4 Å². The highest BCUT2D eigenvalue weighted by Gasteiger charge is 2.29. The Hall–Kier alpha value is -3.36. The third-order valence-corrected chi connectivity index (χ3v) is 8.73. The summed E-state index contributed by atoms with van der Waals surface area (Å²) in [5.41, 5.74) is 3.83. The Morgan fingerprint density at radius 1 is 0.810 bits per heavy atom. The Morgan fingerprint density at radius 3 is 2.10 bits per heavy atom. The van der Waals surface area contributed by atoms with Crippen molar-refractivity contribution in [3.63, 3.8) is 0 Å². The number of aromatic hydroxyl groups is 1. The summed E-state index contributed by atoms with van der Waals surface area (Å²) in [6, 6.07) is 27.4. The normalized spacial score (nSPS) is 12.0. The van der Waals surface area contributed by atoms with E-state index in [-0.39, 0.29) is 40.4 Å². The van der Waals surface area contributed by atoms with Gasteiger partial charge in [-0.15, -0.1) is 0 Å². The van der Waals surface area contributed by atoms with Crippen LogP contribution >= 0.6 is 23.2 Å². The lowest BCUT2D eigenvalue weighted by Gasteiger charge is -2.24. The minimum Gasteiger partial charge on any atom is -0.505 e. The number of ether oxygens (including phenoxy) is 1. The van der Waals surface area contributed by atoms with Crippen molar-refractivity contribution >= 4 is 39.2 Å². The molecule has 0 bridgehead atoms. The van der Waals surface area contributed by atoms with Gasteiger partial charge < -0.3 is 9.84 Å². The molecule has 0 amide bonds. The van der Waals surface area contributed by atoms with Crippen molar-refractivity contribution in [2.45, 2.75) is 57.2 Å². The van der Waals surface area contributed by atoms with Gasteiger partial charge >= 0.3 is 5.97 Å². The van der Waals surface area contributed by atoms with Crippen LogP contribution in [0.1, 0.15) is 43.9 Å². The summed E-state index contributed by atoms with van der Waals surface area (Å²) >= 11 is 12.2. The molecule has 0 unspecified atom stereocenters. The van der Waals surface area contributed by atoms with Crippen molar-refractivity contribution in [1.82, 2.24) is 4.31 Å². The number of hydrogen-bond donors (Lipinski definition) is 1. The number of sulfonamides is 1. The third kappa shape index (κ3) is 8.35. The first-order chi connectivity index (χ1) is 19.8. The minimum absolute atomic E-state index is 0.00657. The fraction of sp³-hybridized carbons (Fsp3) is 0.242. The summed E-state index contributed by atoms with van der Waals surface area (Å²) in [5.74, 6) is -0.860. The van der Waals surface area contributed by atoms with Gasteiger partial charge in [0.05, 0.1) is 5.02 Å². The second-order valence-corrected chi connectivity index (χ2v) is 13.7. The van der Waals surface area contributed by atoms with Crippen molar-refractivity contribution in [2.24, 2.45) is 0 Å². The van der Waals surface area contributed by atoms with Crippen LogP contribution in [-0.2, 0) is 39.1 Å². The molecule has 0 aliphatic carbocycles. The first-order valence-corrected chi connectivity index (χ1v) is 15.6. The van der Waals surface area contributed by atoms with E-state index in [4.69, 9.17) is 27.9 Å². The van der Waals surface area contributed by atoms with E-state index >= 15 is 0 Å². The molecular formula is C33H33Cl2NO5S. The summed E-state index contributed by atoms with van der Waals surface area (Å²) in [7, 11) is -4.25. The number of rotatable bonds is 10. The van der Waals surface area contributed by atoms with Gasteiger partial charge in [0, 0.05) is 24.5 Å². The molecule has 0 aliphatic heterocycles. The quantitative estimate of drug-likeness (QED) is 0.180. The number of halogens is 2. The van der Waals surface area contributed by atoms with Crippen LogP contribution in [0.4, 0.5) is 0 Å². The zero-order valence-corrected chi connectivity index (χ0v) is 26.0. The summed E-state index contributed by atoms with van der Waals surface area (Å²) in [5, 5.41) is 10.5. The maximum atomic E-state index is 14.0. The number of nitrogens with zero attached hydrogens (tertiary/aromatic N) is 1. The molecule has 0 fully saturated rings. The highest BCUT2D eigenvalue weighted by Crippen LogP contribution is 2.36. The number of carbonyl (C=O) groups excluding carboxylic acids is 1. The topological polar surface area (TPSA) is 83.9 Å². The largest absolute Gasteiger partial charge is 0.505 e. The molecule has 4 rings (SSSR count). The molecule has 0 radical (unpaired) electrons. The smallest absolute Gasteiger partial charge is 0.306 e. The Morgan fingerprint density at radius 2 is 1.43 bits per heavy atom. The predicted molar refractivity (Wildman–Crippen MR) is 167 cm³/mol. The maximum absolute atomic E-state index is 14.0. The van der Waals surface area contributed by atoms with Gasteiger partial charge in [-0.25, -0.2) is 8.42 Å². The van der Waals surface area contributed by atoms with Crippen molar-refractivity contribution < 1.29 is 23.1 Å². The average Bonchev–Trinajstić information content (AvgIpc) is 2.93. The van der Waals surface area contributed by atoms with Crippen molar-refractivity contribution in [2.75, 3.05) is 0 Å². The lowest BCUT2D eigenvalue weighted by Crippen LogP contribution is -2.30. The molecular weight excluding hydrogens is 593 g/mol. The highest BCUT2D eigenvalue weighted by molar-refractivity contribution is 7.89. The van der Waals surface area contributed by atoms with Crippen LogP contribution in [0.2, 0.25) is 10.0 Å². The molecule has 9 heteroatoms. The van der Waals surface area contributed by atoms with E-state index in [0.717, 1.165) is 22.3 Å². The first-order valence-electron chi connectivity index (χ1n) is 13.4. The fourth-order valence-electron chi connectivity index (χ4n) is 4.47. The molecule has 42 heavy (non-hydrogen) atoms. The lowest BCUT2D eigenvalue weighted by molar-refractivity contribution is -0.154. The van der Waals surface area contributed by atoms with Crippen LogP contribution < -0.4 is 0 Å². The van der Waals surface area contributed by atoms with Gasteiger partial charge in [0.2, 0.25) is 10.0 Å². The molecule has 0 aromatic heterocycles. The third-order valence-electron chi connectivity index (χ3n) is 6.42. The van der Waals surface area contributed by atoms with Crippen LogP contribution in [0.25, 0.3) is 11.1 Å². The van der Waals surface area contributed by atoms with E-state index in [0.29, 0.717) is 12.0 Å². The van der Waals surface area contributed by atoms with Crippen molar-refractivity contribution in [1.29, 1.82) is 0 Å². The number of phenols is 1. The second kappa shape index (κ2) is 13.3. The summed E-state index contributed by atoms with van der Waals surface area (Å²) in [4.78, 5) is 11.9. The fourth-order valence-corrected chi connectivity index (χ4v) is 6.63. The van der Waals surface area contributed by atoms with E-state index in [2.05, 4.69) is 0 Å². The number of phenolic OH excluding ortho intramolecular Hbond substituents is 1. The molecule has 6 nitrogen and oxygen atoms in total. The second-order valence-electron chi connectivity index (χ2n) is 11.0. The molecule has 0 atom stereocenters. The van der Waals surface area contributed by atoms with Gasteiger partial charge in [-0.2, -0.15) is 4.31 Å². The SMILES string of the molecule is CC(C)(C)OC(=O)CCc1cccc(CN(Cc2ccc(-c3ccccc3)cc2)S(=O)(=O)c2cc(Cl)cc(Cl)c2O)c1. The summed E-state index contributed by atoms with van der Waals surface area (Å²) < 4.78 is 34.6. The van der Waals surface area contributed by atoms with Gasteiger partial charge in [0.1, 0.15) is 10.5 Å². The standard InChI is InChI=1S/C33H33Cl2NO5S/c1-33(2,3)41-31(37)17-14-23-8-7-9-25(18-23)22-36(42(39,40)30-20-28(34)19-29(35)32(30)38)21-24-12-15-27(16-13-24)26-10-5-4-6-11-26/h4-13,15-16,18-20,38H,14,17,21-22H2,1-3H3. The van der Waals surface area contributed by atoms with Gasteiger partial charge in [-0.05, 0) is 67.1 Å². The molecule has 0 spiro atoms. The van der Waals surface area contributed by atoms with Crippen molar-refractivity contribution in [3.05, 3.63) is 118 Å². The van der Waals surface area contributed by atoms with E-state index in [9.17, 15) is 18.3 Å². The number of benzene rings is 4. The summed E-state index contributed by atoms with van der Waals surface area (Å²) in [6.45, 7) is 5.50. The Kier molecular flexibility index (Phi) is 10.00. The van der Waals surface area contributed by atoms with Crippen LogP contribution in [0.15, 0.2) is 95.9 Å². The Balaban J connectivity index is 1.63.